The normalized spacial score (nSPS) is 15.7. The molecule has 0 saturated carbocycles. The highest BCUT2D eigenvalue weighted by molar-refractivity contribution is 14.0. The molecule has 0 amide bonds. The van der Waals surface area contributed by atoms with Gasteiger partial charge in [-0.25, -0.2) is 0 Å². The average molecular weight is 445 g/mol. The molecule has 1 aromatic rings. The molecule has 0 atom stereocenters. The predicted octanol–water partition coefficient (Wildman–Crippen LogP) is 2.34. The molecule has 1 fully saturated rings. The molecule has 1 aliphatic heterocycles. The van der Waals surface area contributed by atoms with Crippen molar-refractivity contribution in [2.24, 2.45) is 4.99 Å². The van der Waals surface area contributed by atoms with Gasteiger partial charge in [-0.1, -0.05) is 18.2 Å². The summed E-state index contributed by atoms with van der Waals surface area (Å²) in [5, 5.41) is 3.50. The highest BCUT2D eigenvalue weighted by Gasteiger charge is 2.19. The van der Waals surface area contributed by atoms with Gasteiger partial charge in [0.25, 0.3) is 0 Å². The first-order valence-corrected chi connectivity index (χ1v) is 8.57. The molecule has 0 bridgehead atoms. The maximum Gasteiger partial charge on any atom is 0.193 e. The second-order valence-corrected chi connectivity index (χ2v) is 6.36. The monoisotopic (exact) mass is 445 g/mol. The molecular formula is C18H32IN5. The molecule has 0 unspecified atom stereocenters. The topological polar surface area (TPSA) is 34.1 Å². The Morgan fingerprint density at radius 1 is 1.17 bits per heavy atom. The second kappa shape index (κ2) is 10.8. The summed E-state index contributed by atoms with van der Waals surface area (Å²) in [6.07, 6.45) is 0. The highest BCUT2D eigenvalue weighted by Crippen LogP contribution is 2.15. The Morgan fingerprint density at radius 3 is 2.33 bits per heavy atom. The van der Waals surface area contributed by atoms with E-state index in [2.05, 4.69) is 76.2 Å². The number of para-hydroxylation sites is 1. The number of nitrogens with zero attached hydrogens (tertiary/aromatic N) is 4. The van der Waals surface area contributed by atoms with E-state index >= 15 is 0 Å². The zero-order valence-corrected chi connectivity index (χ0v) is 17.7. The van der Waals surface area contributed by atoms with Crippen LogP contribution >= 0.6 is 24.0 Å². The van der Waals surface area contributed by atoms with Gasteiger partial charge in [0.05, 0.1) is 0 Å². The molecule has 0 radical (unpaired) electrons. The molecular weight excluding hydrogens is 413 g/mol. The maximum absolute atomic E-state index is 4.45. The van der Waals surface area contributed by atoms with Gasteiger partial charge >= 0.3 is 0 Å². The minimum atomic E-state index is 0. The Kier molecular flexibility index (Phi) is 9.43. The smallest absolute Gasteiger partial charge is 0.193 e. The van der Waals surface area contributed by atoms with Crippen LogP contribution in [0.2, 0.25) is 0 Å². The van der Waals surface area contributed by atoms with E-state index in [-0.39, 0.29) is 24.0 Å². The average Bonchev–Trinajstić information content (AvgIpc) is 2.59. The van der Waals surface area contributed by atoms with Crippen LogP contribution in [-0.4, -0.2) is 75.2 Å². The van der Waals surface area contributed by atoms with Crippen molar-refractivity contribution in [2.45, 2.75) is 19.9 Å². The Morgan fingerprint density at radius 2 is 1.79 bits per heavy atom. The number of hydrogen-bond donors (Lipinski definition) is 1. The largest absolute Gasteiger partial charge is 0.368 e. The molecule has 1 saturated heterocycles. The van der Waals surface area contributed by atoms with Crippen molar-refractivity contribution in [1.29, 1.82) is 0 Å². The third-order valence-electron chi connectivity index (χ3n) is 4.54. The number of piperazine rings is 1. The van der Waals surface area contributed by atoms with Crippen LogP contribution < -0.4 is 10.2 Å². The number of aliphatic imine (C=N–C) groups is 1. The van der Waals surface area contributed by atoms with Crippen molar-refractivity contribution in [3.05, 3.63) is 30.3 Å². The van der Waals surface area contributed by atoms with Crippen molar-refractivity contribution < 1.29 is 0 Å². The van der Waals surface area contributed by atoms with Crippen LogP contribution in [0.5, 0.6) is 0 Å². The molecule has 1 aromatic carbocycles. The Hall–Kier alpha value is -1.02. The van der Waals surface area contributed by atoms with E-state index in [4.69, 9.17) is 0 Å². The van der Waals surface area contributed by atoms with Gasteiger partial charge in [-0.05, 0) is 33.0 Å². The first-order chi connectivity index (χ1) is 11.1. The lowest BCUT2D eigenvalue weighted by atomic mass is 10.2. The van der Waals surface area contributed by atoms with Crippen molar-refractivity contribution in [3.8, 4) is 0 Å². The molecule has 5 nitrogen and oxygen atoms in total. The predicted molar refractivity (Wildman–Crippen MR) is 115 cm³/mol. The molecule has 136 valence electrons. The SMILES string of the molecule is CN=C(NCCN(C)C(C)C)N1CCN(c2ccccc2)CC1.I. The zero-order valence-electron chi connectivity index (χ0n) is 15.4. The first-order valence-electron chi connectivity index (χ1n) is 8.57. The van der Waals surface area contributed by atoms with E-state index in [0.29, 0.717) is 6.04 Å². The van der Waals surface area contributed by atoms with Gasteiger partial charge in [0.15, 0.2) is 5.96 Å². The fourth-order valence-electron chi connectivity index (χ4n) is 2.75. The number of anilines is 1. The molecule has 6 heteroatoms. The summed E-state index contributed by atoms with van der Waals surface area (Å²) in [5.74, 6) is 1.02. The molecule has 1 N–H and O–H groups in total. The van der Waals surface area contributed by atoms with Gasteiger partial charge < -0.3 is 20.0 Å². The van der Waals surface area contributed by atoms with Gasteiger partial charge in [0.2, 0.25) is 0 Å². The van der Waals surface area contributed by atoms with E-state index in [9.17, 15) is 0 Å². The van der Waals surface area contributed by atoms with E-state index in [1.54, 1.807) is 0 Å². The Labute approximate surface area is 164 Å². The van der Waals surface area contributed by atoms with Gasteiger partial charge in [0.1, 0.15) is 0 Å². The lowest BCUT2D eigenvalue weighted by Gasteiger charge is -2.37. The third kappa shape index (κ3) is 6.12. The summed E-state index contributed by atoms with van der Waals surface area (Å²) >= 11 is 0. The Bertz CT molecular complexity index is 483. The van der Waals surface area contributed by atoms with Crippen LogP contribution in [0.25, 0.3) is 0 Å². The summed E-state index contributed by atoms with van der Waals surface area (Å²) in [4.78, 5) is 11.6. The minimum absolute atomic E-state index is 0. The van der Waals surface area contributed by atoms with E-state index in [1.165, 1.54) is 5.69 Å². The zero-order chi connectivity index (χ0) is 16.7. The Balaban J connectivity index is 0.00000288. The standard InChI is InChI=1S/C18H31N5.HI/c1-16(2)21(4)11-10-20-18(19-3)23-14-12-22(13-15-23)17-8-6-5-7-9-17;/h5-9,16H,10-15H2,1-4H3,(H,19,20);1H. The van der Waals surface area contributed by atoms with Crippen molar-refractivity contribution in [1.82, 2.24) is 15.1 Å². The summed E-state index contributed by atoms with van der Waals surface area (Å²) in [6.45, 7) is 10.5. The van der Waals surface area contributed by atoms with Crippen LogP contribution in [0.15, 0.2) is 35.3 Å². The molecule has 2 rings (SSSR count). The summed E-state index contributed by atoms with van der Waals surface area (Å²) < 4.78 is 0. The lowest BCUT2D eigenvalue weighted by Crippen LogP contribution is -2.53. The number of nitrogens with one attached hydrogen (secondary N) is 1. The molecule has 24 heavy (non-hydrogen) atoms. The molecule has 0 spiro atoms. The fraction of sp³-hybridized carbons (Fsp3) is 0.611. The lowest BCUT2D eigenvalue weighted by molar-refractivity contribution is 0.275. The van der Waals surface area contributed by atoms with Gasteiger partial charge in [-0.3, -0.25) is 4.99 Å². The van der Waals surface area contributed by atoms with Crippen molar-refractivity contribution in [3.63, 3.8) is 0 Å². The van der Waals surface area contributed by atoms with Crippen molar-refractivity contribution >= 4 is 35.6 Å². The summed E-state index contributed by atoms with van der Waals surface area (Å²) in [7, 11) is 4.03. The number of guanidine groups is 1. The van der Waals surface area contributed by atoms with Gasteiger partial charge in [-0.2, -0.15) is 0 Å². The number of rotatable bonds is 5. The van der Waals surface area contributed by atoms with Crippen LogP contribution in [0.4, 0.5) is 5.69 Å². The summed E-state index contributed by atoms with van der Waals surface area (Å²) in [6, 6.07) is 11.2. The number of halogens is 1. The number of benzene rings is 1. The highest BCUT2D eigenvalue weighted by atomic mass is 127. The number of hydrogen-bond acceptors (Lipinski definition) is 3. The van der Waals surface area contributed by atoms with Crippen LogP contribution in [0.1, 0.15) is 13.8 Å². The molecule has 1 aliphatic rings. The van der Waals surface area contributed by atoms with Crippen LogP contribution in [0.3, 0.4) is 0 Å². The quantitative estimate of drug-likeness (QED) is 0.429. The first kappa shape index (κ1) is 21.0. The third-order valence-corrected chi connectivity index (χ3v) is 4.54. The fourth-order valence-corrected chi connectivity index (χ4v) is 2.75. The van der Waals surface area contributed by atoms with Gasteiger partial charge in [0, 0.05) is 58.0 Å². The molecule has 1 heterocycles. The van der Waals surface area contributed by atoms with Crippen molar-refractivity contribution in [2.75, 3.05) is 58.3 Å². The minimum Gasteiger partial charge on any atom is -0.368 e. The van der Waals surface area contributed by atoms with E-state index in [0.717, 1.165) is 45.2 Å². The van der Waals surface area contributed by atoms with Crippen LogP contribution in [-0.2, 0) is 0 Å². The van der Waals surface area contributed by atoms with E-state index in [1.807, 2.05) is 7.05 Å². The molecule has 0 aliphatic carbocycles. The summed E-state index contributed by atoms with van der Waals surface area (Å²) in [5.41, 5.74) is 1.31. The maximum atomic E-state index is 4.45. The van der Waals surface area contributed by atoms with E-state index < -0.39 is 0 Å². The second-order valence-electron chi connectivity index (χ2n) is 6.36. The molecule has 0 aromatic heterocycles. The van der Waals surface area contributed by atoms with Gasteiger partial charge in [-0.15, -0.1) is 24.0 Å². The number of likely N-dealkylation sites (N-methyl/N-ethyl adjacent to an activating group) is 1. The van der Waals surface area contributed by atoms with Crippen LogP contribution in [0, 0.1) is 0 Å².